The normalized spacial score (nSPS) is 11.4. The van der Waals surface area contributed by atoms with Crippen LogP contribution in [0.5, 0.6) is 5.75 Å². The highest BCUT2D eigenvalue weighted by Crippen LogP contribution is 2.30. The van der Waals surface area contributed by atoms with Crippen LogP contribution in [0.25, 0.3) is 0 Å². The largest absolute Gasteiger partial charge is 0.427 e. The van der Waals surface area contributed by atoms with Crippen LogP contribution in [0, 0.1) is 0 Å². The van der Waals surface area contributed by atoms with E-state index >= 15 is 0 Å². The van der Waals surface area contributed by atoms with Gasteiger partial charge in [0, 0.05) is 6.42 Å². The summed E-state index contributed by atoms with van der Waals surface area (Å²) in [6.07, 6.45) is 1.01. The first-order valence-electron chi connectivity index (χ1n) is 6.81. The summed E-state index contributed by atoms with van der Waals surface area (Å²) in [4.78, 5) is 11.5. The molecule has 0 aromatic heterocycles. The Labute approximate surface area is 116 Å². The summed E-state index contributed by atoms with van der Waals surface area (Å²) in [6, 6.07) is 4.14. The molecule has 112 valence electrons. The van der Waals surface area contributed by atoms with E-state index in [9.17, 15) is 18.0 Å². The van der Waals surface area contributed by atoms with Gasteiger partial charge in [0.2, 0.25) is 0 Å². The minimum Gasteiger partial charge on any atom is -0.427 e. The molecule has 1 aromatic carbocycles. The summed E-state index contributed by atoms with van der Waals surface area (Å²) in [5.41, 5.74) is -0.753. The summed E-state index contributed by atoms with van der Waals surface area (Å²) < 4.78 is 42.0. The zero-order valence-corrected chi connectivity index (χ0v) is 11.5. The van der Waals surface area contributed by atoms with E-state index in [2.05, 4.69) is 6.92 Å². The van der Waals surface area contributed by atoms with Crippen molar-refractivity contribution in [2.45, 2.75) is 51.6 Å². The van der Waals surface area contributed by atoms with Gasteiger partial charge < -0.3 is 4.74 Å². The maximum Gasteiger partial charge on any atom is 0.416 e. The molecule has 0 heterocycles. The first-order valence-corrected chi connectivity index (χ1v) is 6.81. The van der Waals surface area contributed by atoms with Gasteiger partial charge in [0.1, 0.15) is 5.75 Å². The van der Waals surface area contributed by atoms with Gasteiger partial charge in [0.15, 0.2) is 0 Å². The number of halogens is 3. The number of ether oxygens (including phenoxy) is 1. The number of unbranched alkanes of at least 4 members (excludes halogenated alkanes) is 4. The molecule has 0 N–H and O–H groups in total. The highest BCUT2D eigenvalue weighted by atomic mass is 19.4. The summed E-state index contributed by atoms with van der Waals surface area (Å²) in [6.45, 7) is 2.11. The van der Waals surface area contributed by atoms with Gasteiger partial charge in [-0.1, -0.05) is 32.6 Å². The van der Waals surface area contributed by atoms with E-state index in [0.717, 1.165) is 56.4 Å². The van der Waals surface area contributed by atoms with Gasteiger partial charge in [-0.05, 0) is 30.7 Å². The zero-order chi connectivity index (χ0) is 15.0. The standard InChI is InChI=1S/C15H19F3O2/c1-2-3-4-5-6-7-14(19)20-13-10-8-12(9-11-13)15(16,17)18/h8-11H,2-7H2,1H3. The molecule has 0 unspecified atom stereocenters. The Bertz CT molecular complexity index is 410. The van der Waals surface area contributed by atoms with Gasteiger partial charge in [-0.2, -0.15) is 13.2 Å². The molecule has 0 aliphatic heterocycles. The van der Waals surface area contributed by atoms with Crippen molar-refractivity contribution >= 4 is 5.97 Å². The van der Waals surface area contributed by atoms with Crippen molar-refractivity contribution in [3.05, 3.63) is 29.8 Å². The topological polar surface area (TPSA) is 26.3 Å². The molecule has 5 heteroatoms. The molecule has 0 amide bonds. The van der Waals surface area contributed by atoms with E-state index in [0.29, 0.717) is 6.42 Å². The molecule has 0 spiro atoms. The van der Waals surface area contributed by atoms with Crippen LogP contribution in [-0.2, 0) is 11.0 Å². The molecule has 2 nitrogen and oxygen atoms in total. The van der Waals surface area contributed by atoms with Crippen molar-refractivity contribution in [3.63, 3.8) is 0 Å². The Balaban J connectivity index is 2.35. The SMILES string of the molecule is CCCCCCCC(=O)Oc1ccc(C(F)(F)F)cc1. The predicted molar refractivity (Wildman–Crippen MR) is 70.5 cm³/mol. The van der Waals surface area contributed by atoms with Crippen molar-refractivity contribution in [2.24, 2.45) is 0 Å². The van der Waals surface area contributed by atoms with Crippen LogP contribution in [-0.4, -0.2) is 5.97 Å². The van der Waals surface area contributed by atoms with E-state index in [-0.39, 0.29) is 5.75 Å². The van der Waals surface area contributed by atoms with Gasteiger partial charge >= 0.3 is 12.1 Å². The second-order valence-corrected chi connectivity index (χ2v) is 4.66. The number of alkyl halides is 3. The zero-order valence-electron chi connectivity index (χ0n) is 11.5. The van der Waals surface area contributed by atoms with Gasteiger partial charge in [-0.3, -0.25) is 4.79 Å². The highest BCUT2D eigenvalue weighted by molar-refractivity contribution is 5.72. The Morgan fingerprint density at radius 2 is 1.65 bits per heavy atom. The van der Waals surface area contributed by atoms with Crippen molar-refractivity contribution in [1.29, 1.82) is 0 Å². The molecule has 0 fully saturated rings. The second kappa shape index (κ2) is 7.92. The molecule has 1 rings (SSSR count). The maximum absolute atomic E-state index is 12.3. The fourth-order valence-electron chi connectivity index (χ4n) is 1.77. The van der Waals surface area contributed by atoms with Crippen LogP contribution in [0.2, 0.25) is 0 Å². The first-order chi connectivity index (χ1) is 9.43. The van der Waals surface area contributed by atoms with Crippen LogP contribution < -0.4 is 4.74 Å². The average molecular weight is 288 g/mol. The smallest absolute Gasteiger partial charge is 0.416 e. The molecular formula is C15H19F3O2. The molecule has 20 heavy (non-hydrogen) atoms. The Morgan fingerprint density at radius 1 is 1.05 bits per heavy atom. The van der Waals surface area contributed by atoms with Crippen LogP contribution in [0.15, 0.2) is 24.3 Å². The average Bonchev–Trinajstić information content (AvgIpc) is 2.38. The molecule has 0 aliphatic rings. The summed E-state index contributed by atoms with van der Waals surface area (Å²) in [5, 5.41) is 0. The number of hydrogen-bond donors (Lipinski definition) is 0. The van der Waals surface area contributed by atoms with Crippen molar-refractivity contribution in [3.8, 4) is 5.75 Å². The third-order valence-corrected chi connectivity index (χ3v) is 2.90. The van der Waals surface area contributed by atoms with E-state index in [1.54, 1.807) is 0 Å². The fraction of sp³-hybridized carbons (Fsp3) is 0.533. The van der Waals surface area contributed by atoms with Crippen LogP contribution in [0.3, 0.4) is 0 Å². The van der Waals surface area contributed by atoms with Crippen LogP contribution in [0.1, 0.15) is 51.0 Å². The Kier molecular flexibility index (Phi) is 6.55. The van der Waals surface area contributed by atoms with Crippen molar-refractivity contribution in [1.82, 2.24) is 0 Å². The lowest BCUT2D eigenvalue weighted by molar-refractivity contribution is -0.137. The molecule has 0 radical (unpaired) electrons. The van der Waals surface area contributed by atoms with Gasteiger partial charge in [0.25, 0.3) is 0 Å². The third-order valence-electron chi connectivity index (χ3n) is 2.90. The molecule has 1 aromatic rings. The van der Waals surface area contributed by atoms with Crippen molar-refractivity contribution < 1.29 is 22.7 Å². The van der Waals surface area contributed by atoms with Gasteiger partial charge in [-0.25, -0.2) is 0 Å². The minimum absolute atomic E-state index is 0.150. The first kappa shape index (κ1) is 16.5. The molecule has 0 saturated carbocycles. The van der Waals surface area contributed by atoms with E-state index in [1.165, 1.54) is 0 Å². The fourth-order valence-corrected chi connectivity index (χ4v) is 1.77. The van der Waals surface area contributed by atoms with Crippen molar-refractivity contribution in [2.75, 3.05) is 0 Å². The Morgan fingerprint density at radius 3 is 2.20 bits per heavy atom. The van der Waals surface area contributed by atoms with E-state index in [4.69, 9.17) is 4.74 Å². The molecular weight excluding hydrogens is 269 g/mol. The maximum atomic E-state index is 12.3. The highest BCUT2D eigenvalue weighted by Gasteiger charge is 2.30. The quantitative estimate of drug-likeness (QED) is 0.402. The van der Waals surface area contributed by atoms with E-state index in [1.807, 2.05) is 0 Å². The number of hydrogen-bond acceptors (Lipinski definition) is 2. The lowest BCUT2D eigenvalue weighted by atomic mass is 10.1. The molecule has 0 saturated heterocycles. The predicted octanol–water partition coefficient (Wildman–Crippen LogP) is 4.97. The number of rotatable bonds is 7. The Hall–Kier alpha value is -1.52. The summed E-state index contributed by atoms with van der Waals surface area (Å²) in [7, 11) is 0. The monoisotopic (exact) mass is 288 g/mol. The molecule has 0 aliphatic carbocycles. The third kappa shape index (κ3) is 6.08. The minimum atomic E-state index is -4.37. The number of esters is 1. The lowest BCUT2D eigenvalue weighted by Gasteiger charge is -2.08. The molecule has 0 atom stereocenters. The second-order valence-electron chi connectivity index (χ2n) is 4.66. The van der Waals surface area contributed by atoms with E-state index < -0.39 is 17.7 Å². The van der Waals surface area contributed by atoms with Gasteiger partial charge in [0.05, 0.1) is 5.56 Å². The number of benzene rings is 1. The lowest BCUT2D eigenvalue weighted by Crippen LogP contribution is -2.08. The summed E-state index contributed by atoms with van der Waals surface area (Å²) >= 11 is 0. The van der Waals surface area contributed by atoms with Crippen LogP contribution >= 0.6 is 0 Å². The van der Waals surface area contributed by atoms with Crippen LogP contribution in [0.4, 0.5) is 13.2 Å². The molecule has 0 bridgehead atoms. The van der Waals surface area contributed by atoms with Gasteiger partial charge in [-0.15, -0.1) is 0 Å². The number of carbonyl (C=O) groups excluding carboxylic acids is 1. The number of carbonyl (C=O) groups is 1. The summed E-state index contributed by atoms with van der Waals surface area (Å²) in [5.74, 6) is -0.252.